The lowest BCUT2D eigenvalue weighted by Gasteiger charge is -2.10. The number of halogens is 4. The van der Waals surface area contributed by atoms with E-state index in [2.05, 4.69) is 42.5 Å². The SMILES string of the molecule is C#CCNc1nc(Nc2ccc(SC(F)(F)F)cc2)ncc1Br. The van der Waals surface area contributed by atoms with Crippen LogP contribution in [0.15, 0.2) is 39.8 Å². The monoisotopic (exact) mass is 402 g/mol. The first kappa shape index (κ1) is 17.4. The van der Waals surface area contributed by atoms with E-state index in [1.165, 1.54) is 24.3 Å². The summed E-state index contributed by atoms with van der Waals surface area (Å²) in [4.78, 5) is 8.41. The smallest absolute Gasteiger partial charge is 0.358 e. The molecule has 0 amide bonds. The van der Waals surface area contributed by atoms with Gasteiger partial charge < -0.3 is 10.6 Å². The third-order valence-corrected chi connectivity index (χ3v) is 3.77. The topological polar surface area (TPSA) is 49.8 Å². The molecule has 9 heteroatoms. The number of nitrogens with one attached hydrogen (secondary N) is 2. The van der Waals surface area contributed by atoms with Crippen LogP contribution in [0.4, 0.5) is 30.6 Å². The second kappa shape index (κ2) is 7.57. The minimum atomic E-state index is -4.30. The van der Waals surface area contributed by atoms with Gasteiger partial charge in [0, 0.05) is 16.8 Å². The van der Waals surface area contributed by atoms with E-state index in [4.69, 9.17) is 6.42 Å². The van der Waals surface area contributed by atoms with Gasteiger partial charge in [0.05, 0.1) is 11.0 Å². The summed E-state index contributed by atoms with van der Waals surface area (Å²) in [5.41, 5.74) is -3.73. The van der Waals surface area contributed by atoms with Gasteiger partial charge in [-0.1, -0.05) is 5.92 Å². The van der Waals surface area contributed by atoms with Crippen molar-refractivity contribution in [1.29, 1.82) is 0 Å². The quantitative estimate of drug-likeness (QED) is 0.563. The first-order valence-corrected chi connectivity index (χ1v) is 7.81. The molecule has 1 aromatic carbocycles. The first-order chi connectivity index (χ1) is 10.9. The molecule has 23 heavy (non-hydrogen) atoms. The average Bonchev–Trinajstić information content (AvgIpc) is 2.48. The lowest BCUT2D eigenvalue weighted by Crippen LogP contribution is -2.05. The van der Waals surface area contributed by atoms with Crippen molar-refractivity contribution in [3.8, 4) is 12.3 Å². The average molecular weight is 403 g/mol. The second-order valence-electron chi connectivity index (χ2n) is 4.15. The number of anilines is 3. The minimum Gasteiger partial charge on any atom is -0.358 e. The molecule has 120 valence electrons. The maximum absolute atomic E-state index is 12.3. The fraction of sp³-hybridized carbons (Fsp3) is 0.143. The molecule has 0 radical (unpaired) electrons. The Labute approximate surface area is 143 Å². The molecule has 0 bridgehead atoms. The molecule has 1 aromatic heterocycles. The Morgan fingerprint density at radius 1 is 1.26 bits per heavy atom. The van der Waals surface area contributed by atoms with E-state index in [1.54, 1.807) is 6.20 Å². The lowest BCUT2D eigenvalue weighted by molar-refractivity contribution is -0.0328. The van der Waals surface area contributed by atoms with Crippen LogP contribution in [0.5, 0.6) is 0 Å². The number of alkyl halides is 3. The number of nitrogens with zero attached hydrogens (tertiary/aromatic N) is 2. The molecular formula is C14H10BrF3N4S. The van der Waals surface area contributed by atoms with Crippen LogP contribution in [0.2, 0.25) is 0 Å². The van der Waals surface area contributed by atoms with Crippen molar-refractivity contribution in [2.45, 2.75) is 10.4 Å². The van der Waals surface area contributed by atoms with Gasteiger partial charge in [0.2, 0.25) is 5.95 Å². The molecule has 2 rings (SSSR count). The van der Waals surface area contributed by atoms with Crippen LogP contribution in [-0.2, 0) is 0 Å². The fourth-order valence-electron chi connectivity index (χ4n) is 1.56. The summed E-state index contributed by atoms with van der Waals surface area (Å²) in [6.45, 7) is 0.304. The zero-order chi connectivity index (χ0) is 16.9. The molecule has 0 saturated heterocycles. The zero-order valence-corrected chi connectivity index (χ0v) is 13.9. The maximum atomic E-state index is 12.3. The summed E-state index contributed by atoms with van der Waals surface area (Å²) < 4.78 is 37.5. The van der Waals surface area contributed by atoms with Crippen molar-refractivity contribution in [2.75, 3.05) is 17.2 Å². The molecule has 0 fully saturated rings. The molecule has 0 unspecified atom stereocenters. The summed E-state index contributed by atoms with van der Waals surface area (Å²) in [7, 11) is 0. The summed E-state index contributed by atoms with van der Waals surface area (Å²) in [5, 5.41) is 5.83. The van der Waals surface area contributed by atoms with Gasteiger partial charge in [-0.2, -0.15) is 18.2 Å². The Morgan fingerprint density at radius 3 is 2.57 bits per heavy atom. The lowest BCUT2D eigenvalue weighted by atomic mass is 10.3. The molecule has 0 aliphatic carbocycles. The maximum Gasteiger partial charge on any atom is 0.446 e. The molecule has 2 aromatic rings. The van der Waals surface area contributed by atoms with E-state index in [-0.39, 0.29) is 16.7 Å². The molecule has 0 aliphatic rings. The molecule has 0 aliphatic heterocycles. The van der Waals surface area contributed by atoms with Crippen molar-refractivity contribution < 1.29 is 13.2 Å². The standard InChI is InChI=1S/C14H10BrF3N4S/c1-2-7-19-12-11(15)8-20-13(22-12)21-9-3-5-10(6-4-9)23-14(16,17)18/h1,3-6,8H,7H2,(H2,19,20,21,22). The van der Waals surface area contributed by atoms with Crippen LogP contribution in [0.3, 0.4) is 0 Å². The second-order valence-corrected chi connectivity index (χ2v) is 6.14. The molecule has 2 N–H and O–H groups in total. The molecule has 0 atom stereocenters. The van der Waals surface area contributed by atoms with E-state index >= 15 is 0 Å². The van der Waals surface area contributed by atoms with Crippen molar-refractivity contribution >= 4 is 45.1 Å². The van der Waals surface area contributed by atoms with Gasteiger partial charge in [0.1, 0.15) is 5.82 Å². The van der Waals surface area contributed by atoms with Gasteiger partial charge in [0.25, 0.3) is 0 Å². The summed E-state index contributed by atoms with van der Waals surface area (Å²) >= 11 is 3.13. The number of aromatic nitrogens is 2. The van der Waals surface area contributed by atoms with Crippen LogP contribution >= 0.6 is 27.7 Å². The highest BCUT2D eigenvalue weighted by atomic mass is 79.9. The van der Waals surface area contributed by atoms with E-state index in [1.807, 2.05) is 0 Å². The summed E-state index contributed by atoms with van der Waals surface area (Å²) in [6, 6.07) is 5.79. The van der Waals surface area contributed by atoms with Crippen LogP contribution in [0.1, 0.15) is 0 Å². The van der Waals surface area contributed by atoms with Crippen molar-refractivity contribution in [3.63, 3.8) is 0 Å². The minimum absolute atomic E-state index is 0.108. The molecular weight excluding hydrogens is 393 g/mol. The number of rotatable bonds is 5. The van der Waals surface area contributed by atoms with E-state index in [0.717, 1.165) is 0 Å². The van der Waals surface area contributed by atoms with Crippen molar-refractivity contribution in [1.82, 2.24) is 9.97 Å². The number of hydrogen-bond acceptors (Lipinski definition) is 5. The Bertz CT molecular complexity index is 713. The fourth-order valence-corrected chi connectivity index (χ4v) is 2.43. The zero-order valence-electron chi connectivity index (χ0n) is 11.5. The normalized spacial score (nSPS) is 10.9. The van der Waals surface area contributed by atoms with Crippen molar-refractivity contribution in [3.05, 3.63) is 34.9 Å². The largest absolute Gasteiger partial charge is 0.446 e. The molecule has 4 nitrogen and oxygen atoms in total. The summed E-state index contributed by atoms with van der Waals surface area (Å²) in [5.74, 6) is 3.24. The van der Waals surface area contributed by atoms with Gasteiger partial charge >= 0.3 is 5.51 Å². The highest BCUT2D eigenvalue weighted by molar-refractivity contribution is 9.10. The Kier molecular flexibility index (Phi) is 5.74. The molecule has 1 heterocycles. The van der Waals surface area contributed by atoms with Gasteiger partial charge in [0.15, 0.2) is 0 Å². The van der Waals surface area contributed by atoms with Crippen molar-refractivity contribution in [2.24, 2.45) is 0 Å². The van der Waals surface area contributed by atoms with Gasteiger partial charge in [-0.05, 0) is 52.0 Å². The first-order valence-electron chi connectivity index (χ1n) is 6.20. The third-order valence-electron chi connectivity index (χ3n) is 2.45. The van der Waals surface area contributed by atoms with Crippen LogP contribution in [-0.4, -0.2) is 22.0 Å². The van der Waals surface area contributed by atoms with Gasteiger partial charge in [-0.3, -0.25) is 0 Å². The van der Waals surface area contributed by atoms with Gasteiger partial charge in [-0.15, -0.1) is 6.42 Å². The number of benzene rings is 1. The van der Waals surface area contributed by atoms with Crippen LogP contribution in [0.25, 0.3) is 0 Å². The van der Waals surface area contributed by atoms with Crippen LogP contribution in [0, 0.1) is 12.3 Å². The molecule has 0 spiro atoms. The predicted octanol–water partition coefficient (Wildman–Crippen LogP) is 4.64. The number of terminal acetylenes is 1. The highest BCUT2D eigenvalue weighted by Gasteiger charge is 2.28. The summed E-state index contributed by atoms with van der Waals surface area (Å²) in [6.07, 6.45) is 6.72. The van der Waals surface area contributed by atoms with Gasteiger partial charge in [-0.25, -0.2) is 4.98 Å². The predicted molar refractivity (Wildman–Crippen MR) is 88.7 cm³/mol. The highest BCUT2D eigenvalue weighted by Crippen LogP contribution is 2.37. The van der Waals surface area contributed by atoms with E-state index in [0.29, 0.717) is 28.5 Å². The molecule has 0 saturated carbocycles. The van der Waals surface area contributed by atoms with Crippen LogP contribution < -0.4 is 10.6 Å². The Hall–Kier alpha value is -1.92. The number of thioether (sulfide) groups is 1. The third kappa shape index (κ3) is 5.65. The Morgan fingerprint density at radius 2 is 1.96 bits per heavy atom. The number of hydrogen-bond donors (Lipinski definition) is 2. The van der Waals surface area contributed by atoms with E-state index in [9.17, 15) is 13.2 Å². The Balaban J connectivity index is 2.09. The van der Waals surface area contributed by atoms with E-state index < -0.39 is 5.51 Å².